The average Bonchev–Trinajstić information content (AvgIpc) is 2.94. The Hall–Kier alpha value is -2.63. The van der Waals surface area contributed by atoms with Gasteiger partial charge in [0.2, 0.25) is 0 Å². The number of aromatic nitrogens is 3. The molecule has 3 rings (SSSR count). The number of rotatable bonds is 4. The lowest BCUT2D eigenvalue weighted by molar-refractivity contribution is 0.593. The van der Waals surface area contributed by atoms with E-state index in [0.29, 0.717) is 16.5 Å². The van der Waals surface area contributed by atoms with E-state index in [1.807, 2.05) is 6.07 Å². The third kappa shape index (κ3) is 2.68. The Kier molecular flexibility index (Phi) is 4.13. The molecule has 0 saturated heterocycles. The fourth-order valence-corrected chi connectivity index (χ4v) is 4.00. The summed E-state index contributed by atoms with van der Waals surface area (Å²) in [5.74, 6) is 0.566. The van der Waals surface area contributed by atoms with Crippen molar-refractivity contribution in [3.8, 4) is 6.07 Å². The molecule has 0 fully saturated rings. The fourth-order valence-electron chi connectivity index (χ4n) is 2.34. The van der Waals surface area contributed by atoms with Crippen molar-refractivity contribution in [3.05, 3.63) is 53.4 Å². The lowest BCUT2D eigenvalue weighted by Gasteiger charge is -2.22. The van der Waals surface area contributed by atoms with Gasteiger partial charge in [-0.25, -0.2) is 8.42 Å². The summed E-state index contributed by atoms with van der Waals surface area (Å²) in [6.07, 6.45) is 1.68. The zero-order valence-corrected chi connectivity index (χ0v) is 14.2. The zero-order chi connectivity index (χ0) is 17.3. The second-order valence-corrected chi connectivity index (χ2v) is 7.23. The Morgan fingerprint density at radius 1 is 1.29 bits per heavy atom. The minimum atomic E-state index is -4.02. The maximum Gasteiger partial charge on any atom is 0.269 e. The van der Waals surface area contributed by atoms with Crippen molar-refractivity contribution in [1.82, 2.24) is 14.6 Å². The van der Waals surface area contributed by atoms with E-state index in [4.69, 9.17) is 16.9 Å². The summed E-state index contributed by atoms with van der Waals surface area (Å²) in [5, 5.41) is 17.3. The average molecular weight is 362 g/mol. The number of pyridine rings is 1. The molecule has 0 aliphatic heterocycles. The van der Waals surface area contributed by atoms with Gasteiger partial charge < -0.3 is 0 Å². The number of hydrogen-bond acceptors (Lipinski definition) is 5. The van der Waals surface area contributed by atoms with Gasteiger partial charge in [-0.15, -0.1) is 10.2 Å². The van der Waals surface area contributed by atoms with Gasteiger partial charge in [0.1, 0.15) is 17.3 Å². The number of hydrogen-bond donors (Lipinski definition) is 0. The standard InChI is InChI=1S/C15H12ClN5O2S/c1-11-18-19-15-14(6-3-8-20(11)15)24(22,23)21(9-7-17)13-5-2-4-12(16)10-13/h2-6,8,10H,9H2,1H3. The summed E-state index contributed by atoms with van der Waals surface area (Å²) in [4.78, 5) is -0.0270. The molecule has 0 bridgehead atoms. The van der Waals surface area contributed by atoms with E-state index in [0.717, 1.165) is 4.31 Å². The first kappa shape index (κ1) is 16.2. The number of aryl methyl sites for hydroxylation is 1. The molecular weight excluding hydrogens is 350 g/mol. The minimum Gasteiger partial charge on any atom is -0.286 e. The molecule has 0 N–H and O–H groups in total. The molecule has 0 aliphatic carbocycles. The van der Waals surface area contributed by atoms with E-state index in [2.05, 4.69) is 10.2 Å². The van der Waals surface area contributed by atoms with Crippen LogP contribution in [0, 0.1) is 18.3 Å². The zero-order valence-electron chi connectivity index (χ0n) is 12.6. The van der Waals surface area contributed by atoms with Gasteiger partial charge in [0.05, 0.1) is 11.8 Å². The van der Waals surface area contributed by atoms with Crippen LogP contribution in [0.25, 0.3) is 5.65 Å². The smallest absolute Gasteiger partial charge is 0.269 e. The van der Waals surface area contributed by atoms with Crippen LogP contribution in [0.2, 0.25) is 5.02 Å². The number of benzene rings is 1. The molecule has 0 aliphatic rings. The highest BCUT2D eigenvalue weighted by atomic mass is 35.5. The van der Waals surface area contributed by atoms with Crippen molar-refractivity contribution in [3.63, 3.8) is 0 Å². The molecule has 0 spiro atoms. The number of anilines is 1. The topological polar surface area (TPSA) is 91.4 Å². The fraction of sp³-hybridized carbons (Fsp3) is 0.133. The van der Waals surface area contributed by atoms with Gasteiger partial charge >= 0.3 is 0 Å². The Morgan fingerprint density at radius 3 is 2.79 bits per heavy atom. The Morgan fingerprint density at radius 2 is 2.08 bits per heavy atom. The molecule has 2 aromatic heterocycles. The van der Waals surface area contributed by atoms with Gasteiger partial charge in [0, 0.05) is 11.2 Å². The van der Waals surface area contributed by atoms with Crippen LogP contribution in [0.15, 0.2) is 47.5 Å². The van der Waals surface area contributed by atoms with Gasteiger partial charge in [0.25, 0.3) is 10.0 Å². The highest BCUT2D eigenvalue weighted by molar-refractivity contribution is 7.93. The highest BCUT2D eigenvalue weighted by Gasteiger charge is 2.28. The third-order valence-corrected chi connectivity index (χ3v) is 5.48. The predicted molar refractivity (Wildman–Crippen MR) is 89.3 cm³/mol. The first-order valence-electron chi connectivity index (χ1n) is 6.91. The largest absolute Gasteiger partial charge is 0.286 e. The lowest BCUT2D eigenvalue weighted by atomic mass is 10.3. The normalized spacial score (nSPS) is 11.4. The monoisotopic (exact) mass is 361 g/mol. The Bertz CT molecular complexity index is 1060. The summed E-state index contributed by atoms with van der Waals surface area (Å²) >= 11 is 5.95. The molecule has 0 atom stereocenters. The number of nitrogens with zero attached hydrogens (tertiary/aromatic N) is 5. The van der Waals surface area contributed by atoms with Crippen molar-refractivity contribution < 1.29 is 8.42 Å². The van der Waals surface area contributed by atoms with E-state index in [-0.39, 0.29) is 17.1 Å². The SMILES string of the molecule is Cc1nnc2c(S(=O)(=O)N(CC#N)c3cccc(Cl)c3)cccn12. The summed E-state index contributed by atoms with van der Waals surface area (Å²) in [6.45, 7) is 1.37. The maximum atomic E-state index is 13.1. The number of halogens is 1. The maximum absolute atomic E-state index is 13.1. The van der Waals surface area contributed by atoms with Crippen LogP contribution in [0.4, 0.5) is 5.69 Å². The van der Waals surface area contributed by atoms with Crippen molar-refractivity contribution >= 4 is 33.0 Å². The van der Waals surface area contributed by atoms with Crippen molar-refractivity contribution in [2.24, 2.45) is 0 Å². The van der Waals surface area contributed by atoms with E-state index < -0.39 is 10.0 Å². The third-order valence-electron chi connectivity index (χ3n) is 3.45. The molecule has 0 amide bonds. The van der Waals surface area contributed by atoms with E-state index in [1.165, 1.54) is 12.1 Å². The molecule has 0 saturated carbocycles. The molecule has 0 radical (unpaired) electrons. The molecule has 9 heteroatoms. The van der Waals surface area contributed by atoms with Crippen LogP contribution in [-0.4, -0.2) is 29.6 Å². The van der Waals surface area contributed by atoms with Gasteiger partial charge in [0.15, 0.2) is 5.65 Å². The Balaban J connectivity index is 2.21. The molecule has 7 nitrogen and oxygen atoms in total. The van der Waals surface area contributed by atoms with E-state index in [1.54, 1.807) is 41.8 Å². The Labute approximate surface area is 143 Å². The molecule has 0 unspecified atom stereocenters. The number of nitriles is 1. The molecule has 2 heterocycles. The quantitative estimate of drug-likeness (QED) is 0.665. The molecule has 122 valence electrons. The van der Waals surface area contributed by atoms with Crippen LogP contribution in [0.1, 0.15) is 5.82 Å². The minimum absolute atomic E-state index is 0.0270. The molecule has 1 aromatic carbocycles. The van der Waals surface area contributed by atoms with Gasteiger partial charge in [-0.2, -0.15) is 5.26 Å². The molecule has 3 aromatic rings. The number of fused-ring (bicyclic) bond motifs is 1. The number of sulfonamides is 1. The van der Waals surface area contributed by atoms with Crippen LogP contribution in [0.3, 0.4) is 0 Å². The van der Waals surface area contributed by atoms with Crippen molar-refractivity contribution in [2.75, 3.05) is 10.8 Å². The summed E-state index contributed by atoms with van der Waals surface area (Å²) in [5.41, 5.74) is 0.516. The highest BCUT2D eigenvalue weighted by Crippen LogP contribution is 2.27. The van der Waals surface area contributed by atoms with Gasteiger partial charge in [-0.3, -0.25) is 8.71 Å². The second-order valence-electron chi connectivity index (χ2n) is 4.96. The molecule has 24 heavy (non-hydrogen) atoms. The van der Waals surface area contributed by atoms with E-state index >= 15 is 0 Å². The van der Waals surface area contributed by atoms with Crippen molar-refractivity contribution in [1.29, 1.82) is 5.26 Å². The summed E-state index contributed by atoms with van der Waals surface area (Å²) in [7, 11) is -4.02. The van der Waals surface area contributed by atoms with E-state index in [9.17, 15) is 8.42 Å². The first-order valence-corrected chi connectivity index (χ1v) is 8.72. The van der Waals surface area contributed by atoms with Crippen LogP contribution in [-0.2, 0) is 10.0 Å². The first-order chi connectivity index (χ1) is 11.4. The predicted octanol–water partition coefficient (Wildman–Crippen LogP) is 2.41. The second kappa shape index (κ2) is 6.11. The van der Waals surface area contributed by atoms with Crippen LogP contribution >= 0.6 is 11.6 Å². The van der Waals surface area contributed by atoms with Gasteiger partial charge in [-0.1, -0.05) is 17.7 Å². The van der Waals surface area contributed by atoms with Crippen LogP contribution < -0.4 is 4.31 Å². The van der Waals surface area contributed by atoms with Gasteiger partial charge in [-0.05, 0) is 37.3 Å². The summed E-state index contributed by atoms with van der Waals surface area (Å²) < 4.78 is 28.8. The summed E-state index contributed by atoms with van der Waals surface area (Å²) in [6, 6.07) is 11.2. The van der Waals surface area contributed by atoms with Crippen LogP contribution in [0.5, 0.6) is 0 Å². The van der Waals surface area contributed by atoms with Crippen molar-refractivity contribution in [2.45, 2.75) is 11.8 Å². The molecular formula is C15H12ClN5O2S. The lowest BCUT2D eigenvalue weighted by Crippen LogP contribution is -2.31.